The summed E-state index contributed by atoms with van der Waals surface area (Å²) in [6.45, 7) is 50.4. The first-order valence-corrected chi connectivity index (χ1v) is 39.3. The maximum absolute atomic E-state index is 13.3. The monoisotopic (exact) mass is 1380 g/mol. The molecule has 96 heavy (non-hydrogen) atoms. The number of thioether (sulfide) groups is 1. The van der Waals surface area contributed by atoms with Crippen LogP contribution in [0.1, 0.15) is 285 Å². The smallest absolute Gasteiger partial charge is 0.243 e. The number of rotatable bonds is 35. The molecule has 3 fully saturated rings. The van der Waals surface area contributed by atoms with Gasteiger partial charge in [0.05, 0.1) is 23.4 Å². The summed E-state index contributed by atoms with van der Waals surface area (Å²) < 4.78 is 4.99. The quantitative estimate of drug-likeness (QED) is 0.0127. The minimum atomic E-state index is -0.478. The molecule has 552 valence electrons. The highest BCUT2D eigenvalue weighted by Gasteiger charge is 2.54. The molecule has 9 unspecified atom stereocenters. The maximum atomic E-state index is 13.3. The second-order valence-corrected chi connectivity index (χ2v) is 28.7. The molecule has 1 aromatic heterocycles. The first-order valence-electron chi connectivity index (χ1n) is 37.5. The van der Waals surface area contributed by atoms with Crippen LogP contribution in [0.15, 0.2) is 67.8 Å². The number of Topliss-reactive ketones (excluding diaryl/α,β-unsaturated/α-hetero) is 1. The van der Waals surface area contributed by atoms with Crippen molar-refractivity contribution in [3.63, 3.8) is 0 Å². The van der Waals surface area contributed by atoms with Crippen LogP contribution in [0.2, 0.25) is 0 Å². The van der Waals surface area contributed by atoms with Crippen molar-refractivity contribution < 1.29 is 23.9 Å². The van der Waals surface area contributed by atoms with Crippen molar-refractivity contribution in [1.82, 2.24) is 26.4 Å². The zero-order valence-corrected chi connectivity index (χ0v) is 66.4. The molecule has 16 heteroatoms. The number of likely N-dealkylation sites (tertiary alicyclic amines) is 1. The van der Waals surface area contributed by atoms with Gasteiger partial charge in [-0.2, -0.15) is 0 Å². The van der Waals surface area contributed by atoms with E-state index in [1.807, 2.05) is 116 Å². The van der Waals surface area contributed by atoms with E-state index in [-0.39, 0.29) is 54.2 Å². The summed E-state index contributed by atoms with van der Waals surface area (Å²) in [6.07, 6.45) is 27.7. The molecule has 2 aromatic carbocycles. The van der Waals surface area contributed by atoms with Crippen LogP contribution >= 0.6 is 23.1 Å². The summed E-state index contributed by atoms with van der Waals surface area (Å²) in [7, 11) is 1.79. The van der Waals surface area contributed by atoms with Gasteiger partial charge >= 0.3 is 0 Å². The van der Waals surface area contributed by atoms with E-state index in [4.69, 9.17) is 21.9 Å². The normalized spacial score (nSPS) is 18.7. The van der Waals surface area contributed by atoms with Gasteiger partial charge in [-0.05, 0) is 130 Å². The Morgan fingerprint density at radius 1 is 0.802 bits per heavy atom. The van der Waals surface area contributed by atoms with E-state index < -0.39 is 6.04 Å². The molecule has 2 saturated heterocycles. The van der Waals surface area contributed by atoms with E-state index >= 15 is 0 Å². The molecule has 0 spiro atoms. The summed E-state index contributed by atoms with van der Waals surface area (Å²) in [5.74, 6) is 2.64. The predicted octanol–water partition coefficient (Wildman–Crippen LogP) is 18.6. The molecule has 3 aliphatic rings. The molecule has 0 bridgehead atoms. The van der Waals surface area contributed by atoms with Gasteiger partial charge < -0.3 is 52.0 Å². The number of anilines is 2. The standard InChI is InChI=1S/C25H37N3O2S.C21H31N5S.C15H31NO.C9H18O2.C4H10.3C2H6/c1-8-18-14-21(28(16-18)24(30)22(26-7)25(4,5)6)23(29)27-15-19-10-12-20(13-11-19)17(3)31-9-2;1-10-13(4)27-21(17(10)11(2)15-6-8-16(22)9-7-15)26-14(5)24-25-20(26)18-12(3)19(18)23;1-15(17)13-11-9-7-5-3-2-4-6-8-10-12-14-16;1-2-3-4-5-6-8-11-9-7-10;1-3-4-2;3*1-2/h8,10-13,18,21-22,26H,1,3,9,14-16H2,2,4-7H3,(H,27,29);6-9,11-12,14,18-20,24-25H,22-23H2,1-5H3;2-14,16H2,1H3;7H,2-6,8-9H2,1H3;3-4H2,1-2H3;3*1-2H3. The van der Waals surface area contributed by atoms with Gasteiger partial charge in [0.1, 0.15) is 24.7 Å². The number of aryl methyl sites for hydroxylation is 1. The average molecular weight is 1380 g/mol. The Morgan fingerprint density at radius 3 is 1.80 bits per heavy atom. The van der Waals surface area contributed by atoms with Crippen molar-refractivity contribution in [1.29, 1.82) is 0 Å². The molecule has 10 N–H and O–H groups in total. The number of benzene rings is 2. The maximum Gasteiger partial charge on any atom is 0.243 e. The van der Waals surface area contributed by atoms with Crippen molar-refractivity contribution in [2.24, 2.45) is 34.6 Å². The molecule has 3 aromatic rings. The number of nitrogens with two attached hydrogens (primary N) is 3. The average Bonchev–Trinajstić information content (AvgIpc) is 1.58. The number of carbonyl (C=O) groups is 4. The fourth-order valence-electron chi connectivity index (χ4n) is 11.5. The van der Waals surface area contributed by atoms with Crippen LogP contribution in [0.4, 0.5) is 10.7 Å². The summed E-state index contributed by atoms with van der Waals surface area (Å²) in [5.41, 5.74) is 31.4. The highest BCUT2D eigenvalue weighted by molar-refractivity contribution is 8.08. The minimum Gasteiger partial charge on any atom is -0.399 e. The summed E-state index contributed by atoms with van der Waals surface area (Å²) >= 11 is 3.62. The zero-order valence-electron chi connectivity index (χ0n) is 64.8. The Morgan fingerprint density at radius 2 is 1.33 bits per heavy atom. The van der Waals surface area contributed by atoms with Crippen molar-refractivity contribution in [3.05, 3.63) is 100 Å². The van der Waals surface area contributed by atoms with Crippen molar-refractivity contribution in [2.45, 2.75) is 303 Å². The number of likely N-dealkylation sites (N-methyl/N-ethyl adjacent to an activating group) is 1. The first kappa shape index (κ1) is 93.7. The molecular formula is C80H145N9O5S2. The number of aldehydes is 1. The van der Waals surface area contributed by atoms with Crippen molar-refractivity contribution in [3.8, 4) is 0 Å². The Hall–Kier alpha value is -4.39. The molecule has 6 rings (SSSR count). The lowest BCUT2D eigenvalue weighted by Gasteiger charge is -2.34. The molecular weight excluding hydrogens is 1230 g/mol. The second-order valence-electron chi connectivity index (χ2n) is 26.1. The fourth-order valence-corrected chi connectivity index (χ4v) is 13.5. The van der Waals surface area contributed by atoms with E-state index in [2.05, 4.69) is 114 Å². The molecule has 1 saturated carbocycles. The SMILES string of the molecule is C=CC1CC(C(=O)NCc2ccc(C(=C)SCC)cc2)N(C(=O)C(NC)C(C)(C)C)C1.CC.CC.CC.CC(=O)CCCCCCCCCCCCCN.CCCC.CCCCCCCOCC=O.Cc1sc(N2C(C)NNC2C2C(C)C2N)c(C(C)c2ccc(N)cc2)c1C. The molecule has 9 atom stereocenters. The van der Waals surface area contributed by atoms with E-state index in [0.29, 0.717) is 43.0 Å². The van der Waals surface area contributed by atoms with E-state index in [1.165, 1.54) is 129 Å². The van der Waals surface area contributed by atoms with Crippen LogP contribution in [0.25, 0.3) is 4.91 Å². The van der Waals surface area contributed by atoms with Crippen LogP contribution in [0.5, 0.6) is 0 Å². The van der Waals surface area contributed by atoms with Gasteiger partial charge in [-0.25, -0.2) is 10.9 Å². The van der Waals surface area contributed by atoms with Gasteiger partial charge in [0.2, 0.25) is 11.8 Å². The predicted molar refractivity (Wildman–Crippen MR) is 422 cm³/mol. The van der Waals surface area contributed by atoms with Crippen LogP contribution in [-0.4, -0.2) is 98.3 Å². The number of ketones is 1. The van der Waals surface area contributed by atoms with Gasteiger partial charge in [-0.15, -0.1) is 29.7 Å². The van der Waals surface area contributed by atoms with E-state index in [0.717, 1.165) is 66.2 Å². The second kappa shape index (κ2) is 56.4. The third-order valence-electron chi connectivity index (χ3n) is 17.6. The van der Waals surface area contributed by atoms with Gasteiger partial charge in [-0.3, -0.25) is 9.59 Å². The highest BCUT2D eigenvalue weighted by atomic mass is 32.2. The number of unbranched alkanes of at least 4 members (excludes halogenated alkanes) is 15. The topological polar surface area (TPSA) is 210 Å². The van der Waals surface area contributed by atoms with E-state index in [9.17, 15) is 19.2 Å². The first-order chi connectivity index (χ1) is 46.0. The van der Waals surface area contributed by atoms with Gasteiger partial charge in [0.15, 0.2) is 0 Å². The molecule has 1 aliphatic carbocycles. The third kappa shape index (κ3) is 36.1. The van der Waals surface area contributed by atoms with Crippen molar-refractivity contribution >= 4 is 62.6 Å². The van der Waals surface area contributed by atoms with Crippen LogP contribution in [0, 0.1) is 37.0 Å². The number of nitrogen functional groups attached to an aromatic ring is 1. The lowest BCUT2D eigenvalue weighted by atomic mass is 9.86. The van der Waals surface area contributed by atoms with Crippen molar-refractivity contribution in [2.75, 3.05) is 49.7 Å². The lowest BCUT2D eigenvalue weighted by molar-refractivity contribution is -0.142. The van der Waals surface area contributed by atoms with Crippen LogP contribution in [-0.2, 0) is 30.5 Å². The number of nitrogens with one attached hydrogen (secondary N) is 4. The molecule has 2 amide bonds. The zero-order chi connectivity index (χ0) is 73.2. The van der Waals surface area contributed by atoms with Gasteiger partial charge in [-0.1, -0.05) is 249 Å². The van der Waals surface area contributed by atoms with Crippen LogP contribution < -0.4 is 43.6 Å². The number of carbonyl (C=O) groups excluding carboxylic acids is 4. The largest absolute Gasteiger partial charge is 0.399 e. The number of ether oxygens (including phenoxy) is 1. The number of amides is 2. The Kier molecular flexibility index (Phi) is 55.0. The molecule has 3 heterocycles. The molecule has 2 aliphatic heterocycles. The Balaban J connectivity index is 0. The van der Waals surface area contributed by atoms with Gasteiger partial charge in [0.25, 0.3) is 0 Å². The van der Waals surface area contributed by atoms with E-state index in [1.54, 1.807) is 30.6 Å². The summed E-state index contributed by atoms with van der Waals surface area (Å²) in [5, 5.41) is 7.52. The third-order valence-corrected chi connectivity index (χ3v) is 19.7. The highest BCUT2D eigenvalue weighted by Crippen LogP contribution is 2.48. The number of hydrogen-bond donors (Lipinski definition) is 7. The number of hydrazine groups is 1. The Bertz CT molecular complexity index is 2470. The summed E-state index contributed by atoms with van der Waals surface area (Å²) in [6, 6.07) is 15.8. The Labute approximate surface area is 597 Å². The fraction of sp³-hybridized carbons (Fsp3) is 0.700. The number of thiophene rings is 1. The molecule has 14 nitrogen and oxygen atoms in total. The molecule has 0 radical (unpaired) electrons. The number of nitrogens with zero attached hydrogens (tertiary/aromatic N) is 2. The summed E-state index contributed by atoms with van der Waals surface area (Å²) in [4.78, 5) is 53.5. The lowest BCUT2D eigenvalue weighted by Crippen LogP contribution is -2.55. The van der Waals surface area contributed by atoms with Gasteiger partial charge in [0, 0.05) is 59.5 Å². The number of hydrogen-bond acceptors (Lipinski definition) is 14. The minimum absolute atomic E-state index is 0.0317. The van der Waals surface area contributed by atoms with Crippen LogP contribution in [0.3, 0.4) is 0 Å².